The normalized spacial score (nSPS) is 12.2. The van der Waals surface area contributed by atoms with Crippen LogP contribution in [0, 0.1) is 13.8 Å². The van der Waals surface area contributed by atoms with E-state index in [0.717, 1.165) is 28.6 Å². The van der Waals surface area contributed by atoms with Crippen LogP contribution >= 0.6 is 0 Å². The van der Waals surface area contributed by atoms with Gasteiger partial charge in [-0.25, -0.2) is 9.97 Å². The Bertz CT molecular complexity index is 1200. The van der Waals surface area contributed by atoms with Crippen molar-refractivity contribution in [2.75, 3.05) is 25.6 Å². The van der Waals surface area contributed by atoms with Gasteiger partial charge in [-0.05, 0) is 26.0 Å². The first-order valence-corrected chi connectivity index (χ1v) is 10.0. The quantitative estimate of drug-likeness (QED) is 0.450. The lowest BCUT2D eigenvalue weighted by Gasteiger charge is -2.17. The van der Waals surface area contributed by atoms with E-state index in [1.54, 1.807) is 17.8 Å². The van der Waals surface area contributed by atoms with E-state index in [1.165, 1.54) is 0 Å². The largest absolute Gasteiger partial charge is 0.493 e. The van der Waals surface area contributed by atoms with Crippen molar-refractivity contribution in [2.45, 2.75) is 20.0 Å². The summed E-state index contributed by atoms with van der Waals surface area (Å²) >= 11 is 0. The number of para-hydroxylation sites is 2. The van der Waals surface area contributed by atoms with Crippen LogP contribution in [0.3, 0.4) is 0 Å². The number of imidazole rings is 1. The van der Waals surface area contributed by atoms with Crippen LogP contribution in [0.2, 0.25) is 0 Å². The minimum absolute atomic E-state index is 0.122. The highest BCUT2D eigenvalue weighted by atomic mass is 16.5. The second kappa shape index (κ2) is 8.65. The van der Waals surface area contributed by atoms with E-state index in [-0.39, 0.29) is 13.2 Å². The van der Waals surface area contributed by atoms with E-state index in [0.29, 0.717) is 17.1 Å². The van der Waals surface area contributed by atoms with Crippen LogP contribution in [0.15, 0.2) is 42.7 Å². The molecule has 0 saturated carbocycles. The number of fused-ring (bicyclic) bond motifs is 1. The first kappa shape index (κ1) is 20.7. The van der Waals surface area contributed by atoms with Gasteiger partial charge in [-0.2, -0.15) is 9.61 Å². The third-order valence-electron chi connectivity index (χ3n) is 5.14. The summed E-state index contributed by atoms with van der Waals surface area (Å²) in [6.07, 6.45) is 2.87. The number of hydrogen-bond acceptors (Lipinski definition) is 7. The van der Waals surface area contributed by atoms with Gasteiger partial charge in [0.05, 0.1) is 7.11 Å². The van der Waals surface area contributed by atoms with Gasteiger partial charge in [-0.1, -0.05) is 12.1 Å². The summed E-state index contributed by atoms with van der Waals surface area (Å²) in [5, 5.41) is 18.5. The highest BCUT2D eigenvalue weighted by molar-refractivity contribution is 5.63. The molecule has 0 aliphatic carbocycles. The van der Waals surface area contributed by atoms with Crippen molar-refractivity contribution in [2.24, 2.45) is 7.05 Å². The zero-order chi connectivity index (χ0) is 22.0. The summed E-state index contributed by atoms with van der Waals surface area (Å²) in [7, 11) is 3.51. The highest BCUT2D eigenvalue weighted by Crippen LogP contribution is 2.26. The molecule has 31 heavy (non-hydrogen) atoms. The van der Waals surface area contributed by atoms with Gasteiger partial charge in [0.2, 0.25) is 0 Å². The molecule has 4 rings (SSSR count). The highest BCUT2D eigenvalue weighted by Gasteiger charge is 2.16. The molecule has 0 bridgehead atoms. The number of benzene rings is 1. The molecule has 0 radical (unpaired) electrons. The van der Waals surface area contributed by atoms with Gasteiger partial charge in [-0.3, -0.25) is 0 Å². The topological polar surface area (TPSA) is 98.7 Å². The Hall–Kier alpha value is -3.59. The summed E-state index contributed by atoms with van der Waals surface area (Å²) < 4.78 is 14.7. The average Bonchev–Trinajstić information content (AvgIpc) is 3.38. The van der Waals surface area contributed by atoms with E-state index in [2.05, 4.69) is 15.3 Å². The fraction of sp³-hybridized carbons (Fsp3) is 0.318. The molecule has 1 aromatic carbocycles. The van der Waals surface area contributed by atoms with Crippen molar-refractivity contribution in [3.05, 3.63) is 54.0 Å². The number of aliphatic hydroxyl groups is 1. The van der Waals surface area contributed by atoms with Crippen LogP contribution in [0.1, 0.15) is 11.3 Å². The number of rotatable bonds is 8. The summed E-state index contributed by atoms with van der Waals surface area (Å²) in [5.41, 5.74) is 3.29. The minimum atomic E-state index is -0.739. The van der Waals surface area contributed by atoms with E-state index in [1.807, 2.05) is 62.0 Å². The number of nitrogens with zero attached hydrogens (tertiary/aromatic N) is 5. The number of aromatic nitrogens is 5. The second-order valence-electron chi connectivity index (χ2n) is 7.33. The van der Waals surface area contributed by atoms with Crippen LogP contribution in [0.5, 0.6) is 11.5 Å². The van der Waals surface area contributed by atoms with Crippen molar-refractivity contribution in [1.29, 1.82) is 0 Å². The van der Waals surface area contributed by atoms with Crippen LogP contribution in [-0.2, 0) is 7.05 Å². The molecular weight excluding hydrogens is 396 g/mol. The maximum absolute atomic E-state index is 10.5. The fourth-order valence-electron chi connectivity index (χ4n) is 3.33. The molecule has 3 aromatic heterocycles. The number of ether oxygens (including phenoxy) is 2. The molecule has 0 saturated heterocycles. The Balaban J connectivity index is 1.51. The Labute approximate surface area is 180 Å². The number of anilines is 1. The molecular formula is C22H26N6O3. The average molecular weight is 422 g/mol. The van der Waals surface area contributed by atoms with Crippen molar-refractivity contribution in [3.8, 4) is 23.0 Å². The first-order valence-electron chi connectivity index (χ1n) is 10.0. The van der Waals surface area contributed by atoms with Crippen LogP contribution in [0.4, 0.5) is 5.82 Å². The molecule has 0 amide bonds. The van der Waals surface area contributed by atoms with Crippen LogP contribution in [0.25, 0.3) is 17.2 Å². The summed E-state index contributed by atoms with van der Waals surface area (Å²) in [6.45, 7) is 4.34. The number of aliphatic hydroxyl groups excluding tert-OH is 1. The Morgan fingerprint density at radius 3 is 2.68 bits per heavy atom. The zero-order valence-electron chi connectivity index (χ0n) is 18.0. The Morgan fingerprint density at radius 1 is 1.19 bits per heavy atom. The minimum Gasteiger partial charge on any atom is -0.493 e. The molecule has 2 N–H and O–H groups in total. The summed E-state index contributed by atoms with van der Waals surface area (Å²) in [4.78, 5) is 9.01. The standard InChI is InChI=1S/C22H26N6O3/c1-14-15(2)25-20-11-17(22-23-9-10-27(22)3)26-28(20)21(14)24-12-16(29)13-31-19-8-6-5-7-18(19)30-4/h5-11,16,24,29H,12-13H2,1-4H3. The number of nitrogens with one attached hydrogen (secondary N) is 1. The summed E-state index contributed by atoms with van der Waals surface area (Å²) in [5.74, 6) is 2.76. The molecule has 3 heterocycles. The summed E-state index contributed by atoms with van der Waals surface area (Å²) in [6, 6.07) is 9.26. The van der Waals surface area contributed by atoms with Crippen molar-refractivity contribution >= 4 is 11.5 Å². The molecule has 1 atom stereocenters. The smallest absolute Gasteiger partial charge is 0.161 e. The van der Waals surface area contributed by atoms with Gasteiger partial charge in [0.25, 0.3) is 0 Å². The van der Waals surface area contributed by atoms with Crippen molar-refractivity contribution in [3.63, 3.8) is 0 Å². The fourth-order valence-corrected chi connectivity index (χ4v) is 3.33. The van der Waals surface area contributed by atoms with Gasteiger partial charge in [-0.15, -0.1) is 0 Å². The molecule has 1 unspecified atom stereocenters. The van der Waals surface area contributed by atoms with Crippen LogP contribution in [-0.4, -0.2) is 55.6 Å². The Kier molecular flexibility index (Phi) is 5.77. The van der Waals surface area contributed by atoms with Gasteiger partial charge in [0.1, 0.15) is 24.2 Å². The molecule has 0 aliphatic heterocycles. The number of methoxy groups -OCH3 is 1. The Morgan fingerprint density at radius 2 is 1.97 bits per heavy atom. The van der Waals surface area contributed by atoms with Crippen molar-refractivity contribution < 1.29 is 14.6 Å². The monoisotopic (exact) mass is 422 g/mol. The lowest BCUT2D eigenvalue weighted by molar-refractivity contribution is 0.115. The van der Waals surface area contributed by atoms with E-state index in [9.17, 15) is 5.11 Å². The van der Waals surface area contributed by atoms with E-state index >= 15 is 0 Å². The molecule has 0 aliphatic rings. The molecule has 0 spiro atoms. The lowest BCUT2D eigenvalue weighted by Crippen LogP contribution is -2.27. The zero-order valence-corrected chi connectivity index (χ0v) is 18.0. The van der Waals surface area contributed by atoms with Gasteiger partial charge < -0.3 is 24.5 Å². The first-order chi connectivity index (χ1) is 15.0. The predicted molar refractivity (Wildman–Crippen MR) is 118 cm³/mol. The molecule has 9 heteroatoms. The lowest BCUT2D eigenvalue weighted by atomic mass is 10.2. The molecule has 4 aromatic rings. The van der Waals surface area contributed by atoms with Gasteiger partial charge >= 0.3 is 0 Å². The molecule has 162 valence electrons. The molecule has 0 fully saturated rings. The number of aryl methyl sites for hydroxylation is 2. The van der Waals surface area contributed by atoms with E-state index < -0.39 is 6.10 Å². The van der Waals surface area contributed by atoms with Gasteiger partial charge in [0.15, 0.2) is 23.0 Å². The van der Waals surface area contributed by atoms with E-state index in [4.69, 9.17) is 14.6 Å². The van der Waals surface area contributed by atoms with Crippen molar-refractivity contribution in [1.82, 2.24) is 24.1 Å². The number of hydrogen-bond donors (Lipinski definition) is 2. The maximum Gasteiger partial charge on any atom is 0.161 e. The third kappa shape index (κ3) is 4.17. The third-order valence-corrected chi connectivity index (χ3v) is 5.14. The second-order valence-corrected chi connectivity index (χ2v) is 7.33. The SMILES string of the molecule is COc1ccccc1OCC(O)CNc1c(C)c(C)nc2cc(-c3nccn3C)nn12. The van der Waals surface area contributed by atoms with Gasteiger partial charge in [0, 0.05) is 43.3 Å². The molecule has 9 nitrogen and oxygen atoms in total. The predicted octanol–water partition coefficient (Wildman–Crippen LogP) is 2.61. The van der Waals surface area contributed by atoms with Crippen LogP contribution < -0.4 is 14.8 Å². The maximum atomic E-state index is 10.5.